The largest absolute Gasteiger partial charge is 0.486 e. The predicted molar refractivity (Wildman–Crippen MR) is 69.7 cm³/mol. The monoisotopic (exact) mass is 273 g/mol. The Hall–Kier alpha value is -2.83. The van der Waals surface area contributed by atoms with Crippen LogP contribution in [0.2, 0.25) is 0 Å². The van der Waals surface area contributed by atoms with E-state index in [4.69, 9.17) is 14.6 Å². The number of ether oxygens (including phenoxy) is 2. The van der Waals surface area contributed by atoms with Gasteiger partial charge in [-0.25, -0.2) is 4.79 Å². The number of carboxylic acids is 1. The maximum absolute atomic E-state index is 10.7. The average molecular weight is 273 g/mol. The number of carboxylic acid groups (broad SMARTS) is 1. The Bertz CT molecular complexity index is 643. The maximum Gasteiger partial charge on any atom is 0.356 e. The second kappa shape index (κ2) is 5.04. The molecule has 1 aliphatic rings. The maximum atomic E-state index is 10.7. The van der Waals surface area contributed by atoms with Gasteiger partial charge in [-0.2, -0.15) is 0 Å². The van der Waals surface area contributed by atoms with Gasteiger partial charge in [-0.1, -0.05) is 0 Å². The summed E-state index contributed by atoms with van der Waals surface area (Å²) >= 11 is 0. The van der Waals surface area contributed by atoms with Crippen LogP contribution in [0.15, 0.2) is 30.3 Å². The lowest BCUT2D eigenvalue weighted by Gasteiger charge is -2.19. The first-order valence-corrected chi connectivity index (χ1v) is 5.96. The van der Waals surface area contributed by atoms with E-state index in [-0.39, 0.29) is 5.69 Å². The first-order valence-electron chi connectivity index (χ1n) is 5.96. The first-order chi connectivity index (χ1) is 9.72. The van der Waals surface area contributed by atoms with Crippen LogP contribution in [0.4, 0.5) is 11.5 Å². The summed E-state index contributed by atoms with van der Waals surface area (Å²) in [5, 5.41) is 19.1. The average Bonchev–Trinajstić information content (AvgIpc) is 2.48. The van der Waals surface area contributed by atoms with Crippen molar-refractivity contribution in [1.29, 1.82) is 0 Å². The number of hydrogen-bond donors (Lipinski definition) is 2. The third-order valence-electron chi connectivity index (χ3n) is 2.70. The molecule has 2 heterocycles. The van der Waals surface area contributed by atoms with E-state index in [1.165, 1.54) is 6.07 Å². The number of nitrogens with zero attached hydrogens (tertiary/aromatic N) is 2. The van der Waals surface area contributed by atoms with Crippen molar-refractivity contribution in [1.82, 2.24) is 10.2 Å². The Labute approximate surface area is 114 Å². The summed E-state index contributed by atoms with van der Waals surface area (Å²) in [6.45, 7) is 1.06. The van der Waals surface area contributed by atoms with Gasteiger partial charge in [0.2, 0.25) is 0 Å². The van der Waals surface area contributed by atoms with Gasteiger partial charge in [0.25, 0.3) is 0 Å². The van der Waals surface area contributed by atoms with Crippen molar-refractivity contribution in [3.8, 4) is 11.5 Å². The highest BCUT2D eigenvalue weighted by molar-refractivity contribution is 5.85. The molecular weight excluding hydrogens is 262 g/mol. The molecule has 1 aliphatic heterocycles. The summed E-state index contributed by atoms with van der Waals surface area (Å²) in [5.74, 6) is 0.709. The number of fused-ring (bicyclic) bond motifs is 1. The van der Waals surface area contributed by atoms with Crippen LogP contribution in [0.1, 0.15) is 10.5 Å². The Morgan fingerprint density at radius 1 is 1.10 bits per heavy atom. The molecule has 2 aromatic rings. The summed E-state index contributed by atoms with van der Waals surface area (Å²) in [4.78, 5) is 10.7. The molecule has 0 aliphatic carbocycles. The number of hydrogen-bond acceptors (Lipinski definition) is 6. The molecule has 3 rings (SSSR count). The zero-order valence-electron chi connectivity index (χ0n) is 10.4. The van der Waals surface area contributed by atoms with Crippen LogP contribution in [0.3, 0.4) is 0 Å². The zero-order valence-corrected chi connectivity index (χ0v) is 10.4. The normalized spacial score (nSPS) is 12.8. The fourth-order valence-corrected chi connectivity index (χ4v) is 1.78. The minimum atomic E-state index is -1.11. The van der Waals surface area contributed by atoms with E-state index in [1.807, 2.05) is 6.07 Å². The summed E-state index contributed by atoms with van der Waals surface area (Å²) < 4.78 is 10.9. The quantitative estimate of drug-likeness (QED) is 0.878. The van der Waals surface area contributed by atoms with Gasteiger partial charge in [0.1, 0.15) is 13.2 Å². The van der Waals surface area contributed by atoms with Crippen LogP contribution in [0, 0.1) is 0 Å². The second-order valence-corrected chi connectivity index (χ2v) is 4.09. The van der Waals surface area contributed by atoms with Gasteiger partial charge in [0.05, 0.1) is 0 Å². The number of aromatic nitrogens is 2. The lowest BCUT2D eigenvalue weighted by atomic mass is 10.2. The molecular formula is C13H11N3O4. The topological polar surface area (TPSA) is 93.6 Å². The molecule has 7 heteroatoms. The Morgan fingerprint density at radius 2 is 1.90 bits per heavy atom. The highest BCUT2D eigenvalue weighted by Gasteiger charge is 2.12. The lowest BCUT2D eigenvalue weighted by molar-refractivity contribution is 0.0689. The minimum absolute atomic E-state index is 0.0993. The van der Waals surface area contributed by atoms with Crippen molar-refractivity contribution < 1.29 is 19.4 Å². The smallest absolute Gasteiger partial charge is 0.356 e. The number of nitrogens with one attached hydrogen (secondary N) is 1. The Kier molecular flexibility index (Phi) is 3.08. The second-order valence-electron chi connectivity index (χ2n) is 4.09. The van der Waals surface area contributed by atoms with Gasteiger partial charge in [-0.3, -0.25) is 0 Å². The molecule has 0 saturated carbocycles. The summed E-state index contributed by atoms with van der Waals surface area (Å²) in [7, 11) is 0. The predicted octanol–water partition coefficient (Wildman–Crippen LogP) is 1.69. The molecule has 0 radical (unpaired) electrons. The fourth-order valence-electron chi connectivity index (χ4n) is 1.78. The van der Waals surface area contributed by atoms with E-state index >= 15 is 0 Å². The molecule has 0 fully saturated rings. The molecule has 1 aromatic carbocycles. The van der Waals surface area contributed by atoms with Crippen LogP contribution >= 0.6 is 0 Å². The SMILES string of the molecule is O=C(O)c1ccc(Nc2ccc3c(c2)OCCO3)nn1. The van der Waals surface area contributed by atoms with Gasteiger partial charge in [-0.15, -0.1) is 10.2 Å². The van der Waals surface area contributed by atoms with Gasteiger partial charge in [-0.05, 0) is 24.3 Å². The third kappa shape index (κ3) is 2.46. The van der Waals surface area contributed by atoms with Crippen LogP contribution in [-0.2, 0) is 0 Å². The lowest BCUT2D eigenvalue weighted by Crippen LogP contribution is -2.15. The molecule has 0 saturated heterocycles. The molecule has 0 amide bonds. The molecule has 0 bridgehead atoms. The van der Waals surface area contributed by atoms with E-state index in [0.717, 1.165) is 5.69 Å². The van der Waals surface area contributed by atoms with Gasteiger partial charge in [0, 0.05) is 11.8 Å². The van der Waals surface area contributed by atoms with Gasteiger partial charge in [0.15, 0.2) is 23.0 Å². The Balaban J connectivity index is 1.78. The molecule has 0 atom stereocenters. The van der Waals surface area contributed by atoms with Crippen LogP contribution in [-0.4, -0.2) is 34.5 Å². The number of rotatable bonds is 3. The highest BCUT2D eigenvalue weighted by Crippen LogP contribution is 2.33. The first kappa shape index (κ1) is 12.2. The van der Waals surface area contributed by atoms with E-state index in [0.29, 0.717) is 30.5 Å². The van der Waals surface area contributed by atoms with Gasteiger partial charge < -0.3 is 19.9 Å². The standard InChI is InChI=1S/C13H11N3O4/c17-13(18)9-2-4-12(16-15-9)14-8-1-3-10-11(7-8)20-6-5-19-10/h1-4,7H,5-6H2,(H,14,16)(H,17,18). The van der Waals surface area contributed by atoms with Crippen molar-refractivity contribution >= 4 is 17.5 Å². The molecule has 0 spiro atoms. The van der Waals surface area contributed by atoms with E-state index in [1.54, 1.807) is 18.2 Å². The molecule has 2 N–H and O–H groups in total. The van der Waals surface area contributed by atoms with Crippen molar-refractivity contribution in [3.05, 3.63) is 36.0 Å². The zero-order chi connectivity index (χ0) is 13.9. The number of carbonyl (C=O) groups is 1. The van der Waals surface area contributed by atoms with Crippen molar-refractivity contribution in [2.75, 3.05) is 18.5 Å². The minimum Gasteiger partial charge on any atom is -0.486 e. The van der Waals surface area contributed by atoms with Crippen molar-refractivity contribution in [2.24, 2.45) is 0 Å². The summed E-state index contributed by atoms with van der Waals surface area (Å²) in [5.41, 5.74) is 0.657. The van der Waals surface area contributed by atoms with Crippen LogP contribution in [0.5, 0.6) is 11.5 Å². The van der Waals surface area contributed by atoms with E-state index < -0.39 is 5.97 Å². The van der Waals surface area contributed by atoms with Crippen LogP contribution in [0.25, 0.3) is 0 Å². The summed E-state index contributed by atoms with van der Waals surface area (Å²) in [6.07, 6.45) is 0. The van der Waals surface area contributed by atoms with Crippen molar-refractivity contribution in [3.63, 3.8) is 0 Å². The third-order valence-corrected chi connectivity index (χ3v) is 2.70. The Morgan fingerprint density at radius 3 is 2.60 bits per heavy atom. The fraction of sp³-hybridized carbons (Fsp3) is 0.154. The van der Waals surface area contributed by atoms with Crippen LogP contribution < -0.4 is 14.8 Å². The number of aromatic carboxylic acids is 1. The highest BCUT2D eigenvalue weighted by atomic mass is 16.6. The molecule has 102 valence electrons. The molecule has 7 nitrogen and oxygen atoms in total. The molecule has 20 heavy (non-hydrogen) atoms. The van der Waals surface area contributed by atoms with E-state index in [2.05, 4.69) is 15.5 Å². The molecule has 1 aromatic heterocycles. The van der Waals surface area contributed by atoms with Crippen molar-refractivity contribution in [2.45, 2.75) is 0 Å². The van der Waals surface area contributed by atoms with Gasteiger partial charge >= 0.3 is 5.97 Å². The number of anilines is 2. The van der Waals surface area contributed by atoms with E-state index in [9.17, 15) is 4.79 Å². The molecule has 0 unspecified atom stereocenters. The summed E-state index contributed by atoms with van der Waals surface area (Å²) in [6, 6.07) is 8.35. The number of benzene rings is 1.